The van der Waals surface area contributed by atoms with Gasteiger partial charge in [0.1, 0.15) is 0 Å². The van der Waals surface area contributed by atoms with Crippen molar-refractivity contribution in [2.45, 2.75) is 37.1 Å². The number of carbonyl (C=O) groups is 1. The topological polar surface area (TPSA) is 84.5 Å². The first kappa shape index (κ1) is 18.6. The van der Waals surface area contributed by atoms with Crippen LogP contribution in [-0.4, -0.2) is 34.1 Å². The molecule has 6 nitrogen and oxygen atoms in total. The summed E-state index contributed by atoms with van der Waals surface area (Å²) in [6.07, 6.45) is 6.65. The van der Waals surface area contributed by atoms with E-state index in [1.54, 1.807) is 19.1 Å². The number of sulfonamides is 1. The van der Waals surface area contributed by atoms with Gasteiger partial charge in [0.15, 0.2) is 0 Å². The summed E-state index contributed by atoms with van der Waals surface area (Å²) in [7, 11) is -2.08. The Bertz CT molecular complexity index is 683. The second-order valence-electron chi connectivity index (χ2n) is 6.02. The minimum atomic E-state index is -3.60. The van der Waals surface area contributed by atoms with Gasteiger partial charge in [-0.15, -0.1) is 0 Å². The van der Waals surface area contributed by atoms with Crippen molar-refractivity contribution in [3.63, 3.8) is 0 Å². The molecule has 1 aromatic carbocycles. The molecular formula is C17H24N2O4S. The molecule has 2 atom stereocenters. The van der Waals surface area contributed by atoms with Crippen molar-refractivity contribution in [1.29, 1.82) is 0 Å². The molecule has 2 rings (SSSR count). The Kier molecular flexibility index (Phi) is 6.53. The van der Waals surface area contributed by atoms with E-state index in [9.17, 15) is 13.2 Å². The highest BCUT2D eigenvalue weighted by Gasteiger charge is 2.18. The van der Waals surface area contributed by atoms with E-state index >= 15 is 0 Å². The molecule has 7 heteroatoms. The van der Waals surface area contributed by atoms with Gasteiger partial charge in [-0.2, -0.15) is 0 Å². The lowest BCUT2D eigenvalue weighted by atomic mass is 10.1. The van der Waals surface area contributed by atoms with Gasteiger partial charge >= 0.3 is 0 Å². The number of ether oxygens (including phenoxy) is 1. The highest BCUT2D eigenvalue weighted by molar-refractivity contribution is 7.89. The minimum Gasteiger partial charge on any atom is -0.383 e. The van der Waals surface area contributed by atoms with Crippen LogP contribution in [-0.2, 0) is 19.6 Å². The van der Waals surface area contributed by atoms with Gasteiger partial charge in [0, 0.05) is 25.3 Å². The predicted octanol–water partition coefficient (Wildman–Crippen LogP) is 2.29. The Balaban J connectivity index is 1.94. The third-order valence-corrected chi connectivity index (χ3v) is 5.39. The quantitative estimate of drug-likeness (QED) is 0.703. The maximum absolute atomic E-state index is 12.2. The smallest absolute Gasteiger partial charge is 0.240 e. The Morgan fingerprint density at radius 2 is 2.04 bits per heavy atom. The van der Waals surface area contributed by atoms with Crippen LogP contribution in [0.5, 0.6) is 0 Å². The Labute approximate surface area is 143 Å². The van der Waals surface area contributed by atoms with Gasteiger partial charge in [0.2, 0.25) is 15.9 Å². The number of carbonyl (C=O) groups excluding carboxylic acids is 1. The fourth-order valence-corrected chi connectivity index (χ4v) is 3.88. The van der Waals surface area contributed by atoms with Crippen LogP contribution in [0.3, 0.4) is 0 Å². The van der Waals surface area contributed by atoms with E-state index in [0.717, 1.165) is 12.8 Å². The maximum atomic E-state index is 12.2. The molecule has 0 unspecified atom stereocenters. The van der Waals surface area contributed by atoms with E-state index in [0.29, 0.717) is 24.6 Å². The van der Waals surface area contributed by atoms with Crippen molar-refractivity contribution in [2.24, 2.45) is 5.92 Å². The lowest BCUT2D eigenvalue weighted by molar-refractivity contribution is -0.116. The van der Waals surface area contributed by atoms with Crippen LogP contribution in [0.15, 0.2) is 41.3 Å². The molecule has 0 heterocycles. The zero-order chi connectivity index (χ0) is 17.6. The summed E-state index contributed by atoms with van der Waals surface area (Å²) in [5, 5.41) is 2.80. The predicted molar refractivity (Wildman–Crippen MR) is 93.2 cm³/mol. The summed E-state index contributed by atoms with van der Waals surface area (Å²) in [5.41, 5.74) is 0.589. The number of anilines is 1. The summed E-state index contributed by atoms with van der Waals surface area (Å²) >= 11 is 0. The van der Waals surface area contributed by atoms with Gasteiger partial charge in [-0.25, -0.2) is 13.1 Å². The van der Waals surface area contributed by atoms with Crippen LogP contribution in [0.25, 0.3) is 0 Å². The third-order valence-electron chi connectivity index (χ3n) is 3.78. The number of hydrogen-bond donors (Lipinski definition) is 2. The van der Waals surface area contributed by atoms with Crippen LogP contribution in [0.2, 0.25) is 0 Å². The molecule has 132 valence electrons. The minimum absolute atomic E-state index is 0.0611. The first-order valence-corrected chi connectivity index (χ1v) is 9.47. The molecule has 1 aromatic rings. The second-order valence-corrected chi connectivity index (χ2v) is 7.73. The third kappa shape index (κ3) is 5.43. The van der Waals surface area contributed by atoms with E-state index in [1.165, 1.54) is 19.2 Å². The van der Waals surface area contributed by atoms with Crippen LogP contribution < -0.4 is 10.0 Å². The van der Waals surface area contributed by atoms with E-state index < -0.39 is 10.0 Å². The van der Waals surface area contributed by atoms with Gasteiger partial charge in [-0.3, -0.25) is 4.79 Å². The zero-order valence-corrected chi connectivity index (χ0v) is 14.8. The summed E-state index contributed by atoms with van der Waals surface area (Å²) in [6, 6.07) is 5.83. The Morgan fingerprint density at radius 1 is 1.33 bits per heavy atom. The van der Waals surface area contributed by atoms with Crippen molar-refractivity contribution >= 4 is 21.6 Å². The molecule has 1 amide bonds. The van der Waals surface area contributed by atoms with Gasteiger partial charge in [0.25, 0.3) is 0 Å². The summed E-state index contributed by atoms with van der Waals surface area (Å²) in [6.45, 7) is 2.02. The molecule has 0 fully saturated rings. The van der Waals surface area contributed by atoms with Crippen molar-refractivity contribution in [3.8, 4) is 0 Å². The fraction of sp³-hybridized carbons (Fsp3) is 0.471. The van der Waals surface area contributed by atoms with Gasteiger partial charge in [0.05, 0.1) is 11.5 Å². The number of allylic oxidation sites excluding steroid dienone is 2. The van der Waals surface area contributed by atoms with Gasteiger partial charge < -0.3 is 10.1 Å². The van der Waals surface area contributed by atoms with E-state index in [-0.39, 0.29) is 16.8 Å². The maximum Gasteiger partial charge on any atom is 0.240 e. The van der Waals surface area contributed by atoms with Crippen LogP contribution in [0, 0.1) is 5.92 Å². The number of benzene rings is 1. The van der Waals surface area contributed by atoms with E-state index in [2.05, 4.69) is 22.2 Å². The van der Waals surface area contributed by atoms with Crippen molar-refractivity contribution in [3.05, 3.63) is 36.4 Å². The van der Waals surface area contributed by atoms with Crippen molar-refractivity contribution < 1.29 is 17.9 Å². The monoisotopic (exact) mass is 352 g/mol. The molecular weight excluding hydrogens is 328 g/mol. The Morgan fingerprint density at radius 3 is 2.62 bits per heavy atom. The molecule has 0 spiro atoms. The average molecular weight is 352 g/mol. The molecule has 0 radical (unpaired) electrons. The van der Waals surface area contributed by atoms with Gasteiger partial charge in [-0.05, 0) is 49.9 Å². The zero-order valence-electron chi connectivity index (χ0n) is 14.0. The van der Waals surface area contributed by atoms with Crippen molar-refractivity contribution in [2.75, 3.05) is 19.0 Å². The normalized spacial score (nSPS) is 18.5. The highest BCUT2D eigenvalue weighted by Crippen LogP contribution is 2.21. The molecule has 24 heavy (non-hydrogen) atoms. The molecule has 0 saturated heterocycles. The molecule has 2 N–H and O–H groups in total. The standard InChI is InChI=1S/C17H24N2O4S/c1-13(12-23-2)19-24(21,22)16-9-7-15(8-10-16)18-17(20)11-14-5-3-4-6-14/h3,5,7-10,13-14,19H,4,6,11-12H2,1-2H3,(H,18,20)/t13-,14+/m0/s1. The summed E-state index contributed by atoms with van der Waals surface area (Å²) in [4.78, 5) is 12.1. The number of amides is 1. The van der Waals surface area contributed by atoms with Gasteiger partial charge in [-0.1, -0.05) is 12.2 Å². The average Bonchev–Trinajstić information content (AvgIpc) is 3.00. The number of hydrogen-bond acceptors (Lipinski definition) is 4. The first-order chi connectivity index (χ1) is 11.4. The molecule has 0 aliphatic heterocycles. The Hall–Kier alpha value is -1.70. The lowest BCUT2D eigenvalue weighted by Crippen LogP contribution is -2.35. The van der Waals surface area contributed by atoms with E-state index in [1.807, 2.05) is 0 Å². The van der Waals surface area contributed by atoms with Crippen LogP contribution in [0.4, 0.5) is 5.69 Å². The highest BCUT2D eigenvalue weighted by atomic mass is 32.2. The number of rotatable bonds is 8. The molecule has 1 aliphatic rings. The van der Waals surface area contributed by atoms with Crippen molar-refractivity contribution in [1.82, 2.24) is 4.72 Å². The SMILES string of the molecule is COC[C@H](C)NS(=O)(=O)c1ccc(NC(=O)C[C@@H]2C=CCC2)cc1. The van der Waals surface area contributed by atoms with Crippen LogP contribution in [0.1, 0.15) is 26.2 Å². The first-order valence-electron chi connectivity index (χ1n) is 7.98. The summed E-state index contributed by atoms with van der Waals surface area (Å²) in [5.74, 6) is 0.241. The number of nitrogens with one attached hydrogen (secondary N) is 2. The molecule has 0 saturated carbocycles. The summed E-state index contributed by atoms with van der Waals surface area (Å²) < 4.78 is 31.9. The largest absolute Gasteiger partial charge is 0.383 e. The molecule has 0 aromatic heterocycles. The molecule has 0 bridgehead atoms. The number of methoxy groups -OCH3 is 1. The fourth-order valence-electron chi connectivity index (χ4n) is 2.65. The van der Waals surface area contributed by atoms with E-state index in [4.69, 9.17) is 4.74 Å². The molecule has 1 aliphatic carbocycles. The second kappa shape index (κ2) is 8.41. The lowest BCUT2D eigenvalue weighted by Gasteiger charge is -2.14. The van der Waals surface area contributed by atoms with Crippen LogP contribution >= 0.6 is 0 Å².